The third kappa shape index (κ3) is 3.98. The molecule has 9 heteroatoms. The SMILES string of the molecule is Cc1ccc(C)c(OCCCN2C(=O)N[C@@](C)(c3cccc(-n4cnnn4)c3)C2=O)c1. The lowest BCUT2D eigenvalue weighted by atomic mass is 9.91. The number of imide groups is 1. The molecule has 0 aliphatic carbocycles. The number of tetrazole rings is 1. The molecule has 1 aliphatic heterocycles. The summed E-state index contributed by atoms with van der Waals surface area (Å²) in [5.74, 6) is 0.527. The maximum Gasteiger partial charge on any atom is 0.325 e. The largest absolute Gasteiger partial charge is 0.493 e. The highest BCUT2D eigenvalue weighted by atomic mass is 16.5. The molecule has 3 aromatic rings. The van der Waals surface area contributed by atoms with Gasteiger partial charge in [-0.3, -0.25) is 9.69 Å². The molecule has 1 saturated heterocycles. The van der Waals surface area contributed by atoms with Crippen LogP contribution in [0.2, 0.25) is 0 Å². The molecule has 4 rings (SSSR count). The van der Waals surface area contributed by atoms with Crippen LogP contribution >= 0.6 is 0 Å². The normalized spacial score (nSPS) is 18.4. The van der Waals surface area contributed by atoms with E-state index >= 15 is 0 Å². The number of nitrogens with one attached hydrogen (secondary N) is 1. The third-order valence-electron chi connectivity index (χ3n) is 5.44. The van der Waals surface area contributed by atoms with Crippen molar-refractivity contribution in [2.24, 2.45) is 0 Å². The van der Waals surface area contributed by atoms with Crippen LogP contribution in [-0.2, 0) is 10.3 Å². The van der Waals surface area contributed by atoms with Crippen LogP contribution < -0.4 is 10.1 Å². The van der Waals surface area contributed by atoms with Crippen molar-refractivity contribution in [3.63, 3.8) is 0 Å². The average Bonchev–Trinajstić information content (AvgIpc) is 3.37. The number of urea groups is 1. The van der Waals surface area contributed by atoms with Crippen molar-refractivity contribution in [2.45, 2.75) is 32.7 Å². The molecule has 1 N–H and O–H groups in total. The maximum absolute atomic E-state index is 13.2. The maximum atomic E-state index is 13.2. The Labute approximate surface area is 180 Å². The van der Waals surface area contributed by atoms with Crippen molar-refractivity contribution in [3.8, 4) is 11.4 Å². The Hall–Kier alpha value is -3.75. The number of aryl methyl sites for hydroxylation is 2. The summed E-state index contributed by atoms with van der Waals surface area (Å²) in [6.07, 6.45) is 2.01. The molecule has 160 valence electrons. The van der Waals surface area contributed by atoms with Gasteiger partial charge < -0.3 is 10.1 Å². The molecular formula is C22H24N6O3. The molecule has 0 bridgehead atoms. The number of aromatic nitrogens is 4. The number of amides is 3. The summed E-state index contributed by atoms with van der Waals surface area (Å²) in [6, 6.07) is 12.8. The predicted octanol–water partition coefficient (Wildman–Crippen LogP) is 2.52. The van der Waals surface area contributed by atoms with E-state index in [-0.39, 0.29) is 12.5 Å². The second-order valence-electron chi connectivity index (χ2n) is 7.79. The molecule has 0 radical (unpaired) electrons. The van der Waals surface area contributed by atoms with Crippen LogP contribution in [0.1, 0.15) is 30.0 Å². The van der Waals surface area contributed by atoms with Crippen LogP contribution in [-0.4, -0.2) is 50.2 Å². The molecule has 1 aromatic heterocycles. The van der Waals surface area contributed by atoms with E-state index in [0.717, 1.165) is 16.9 Å². The fraction of sp³-hybridized carbons (Fsp3) is 0.318. The van der Waals surface area contributed by atoms with Gasteiger partial charge >= 0.3 is 6.03 Å². The van der Waals surface area contributed by atoms with E-state index in [1.807, 2.05) is 38.1 Å². The van der Waals surface area contributed by atoms with Crippen molar-refractivity contribution < 1.29 is 14.3 Å². The van der Waals surface area contributed by atoms with E-state index in [9.17, 15) is 9.59 Å². The van der Waals surface area contributed by atoms with Gasteiger partial charge in [-0.1, -0.05) is 24.3 Å². The Morgan fingerprint density at radius 1 is 1.13 bits per heavy atom. The summed E-state index contributed by atoms with van der Waals surface area (Å²) in [5, 5.41) is 14.0. The second-order valence-corrected chi connectivity index (χ2v) is 7.79. The Balaban J connectivity index is 1.42. The number of ether oxygens (including phenoxy) is 1. The van der Waals surface area contributed by atoms with Crippen LogP contribution in [0.25, 0.3) is 5.69 Å². The summed E-state index contributed by atoms with van der Waals surface area (Å²) in [5.41, 5.74) is 2.37. The zero-order valence-electron chi connectivity index (χ0n) is 17.7. The van der Waals surface area contributed by atoms with Gasteiger partial charge in [-0.05, 0) is 72.5 Å². The predicted molar refractivity (Wildman–Crippen MR) is 113 cm³/mol. The van der Waals surface area contributed by atoms with Crippen molar-refractivity contribution in [1.29, 1.82) is 0 Å². The van der Waals surface area contributed by atoms with Gasteiger partial charge in [0.1, 0.15) is 17.6 Å². The molecule has 0 unspecified atom stereocenters. The number of carbonyl (C=O) groups is 2. The van der Waals surface area contributed by atoms with Crippen LogP contribution in [0, 0.1) is 13.8 Å². The molecule has 1 atom stereocenters. The fourth-order valence-corrected chi connectivity index (χ4v) is 3.60. The van der Waals surface area contributed by atoms with Crippen molar-refractivity contribution in [2.75, 3.05) is 13.2 Å². The van der Waals surface area contributed by atoms with Gasteiger partial charge in [0, 0.05) is 6.54 Å². The zero-order chi connectivity index (χ0) is 22.0. The molecule has 1 aliphatic rings. The van der Waals surface area contributed by atoms with E-state index in [0.29, 0.717) is 24.3 Å². The molecule has 9 nitrogen and oxygen atoms in total. The third-order valence-corrected chi connectivity index (χ3v) is 5.44. The van der Waals surface area contributed by atoms with Crippen molar-refractivity contribution in [1.82, 2.24) is 30.4 Å². The Morgan fingerprint density at radius 3 is 2.74 bits per heavy atom. The first kappa shape index (κ1) is 20.5. The summed E-state index contributed by atoms with van der Waals surface area (Å²) >= 11 is 0. The fourth-order valence-electron chi connectivity index (χ4n) is 3.60. The number of carbonyl (C=O) groups excluding carboxylic acids is 2. The molecule has 3 amide bonds. The smallest absolute Gasteiger partial charge is 0.325 e. The van der Waals surface area contributed by atoms with Crippen LogP contribution in [0.5, 0.6) is 5.75 Å². The monoisotopic (exact) mass is 420 g/mol. The van der Waals surface area contributed by atoms with E-state index in [2.05, 4.69) is 20.8 Å². The number of nitrogens with zero attached hydrogens (tertiary/aromatic N) is 5. The highest BCUT2D eigenvalue weighted by Gasteiger charge is 2.48. The minimum atomic E-state index is -1.16. The van der Waals surface area contributed by atoms with Gasteiger partial charge in [0.05, 0.1) is 12.3 Å². The lowest BCUT2D eigenvalue weighted by Crippen LogP contribution is -2.41. The summed E-state index contributed by atoms with van der Waals surface area (Å²) in [4.78, 5) is 27.0. The minimum absolute atomic E-state index is 0.276. The molecule has 31 heavy (non-hydrogen) atoms. The lowest BCUT2D eigenvalue weighted by molar-refractivity contribution is -0.131. The van der Waals surface area contributed by atoms with Crippen LogP contribution in [0.3, 0.4) is 0 Å². The molecule has 0 saturated carbocycles. The summed E-state index contributed by atoms with van der Waals surface area (Å²) in [6.45, 7) is 6.39. The molecule has 2 aromatic carbocycles. The van der Waals surface area contributed by atoms with Gasteiger partial charge in [-0.15, -0.1) is 5.10 Å². The van der Waals surface area contributed by atoms with Gasteiger partial charge in [0.15, 0.2) is 0 Å². The number of hydrogen-bond donors (Lipinski definition) is 1. The standard InChI is InChI=1S/C22H24N6O3/c1-15-8-9-16(2)19(12-15)31-11-5-10-27-20(29)22(3,24-21(27)30)17-6-4-7-18(13-17)28-14-23-25-26-28/h4,6-9,12-14H,5,10-11H2,1-3H3,(H,24,30)/t22-/m0/s1. The first-order chi connectivity index (χ1) is 14.9. The topological polar surface area (TPSA) is 102 Å². The van der Waals surface area contributed by atoms with Crippen LogP contribution in [0.15, 0.2) is 48.8 Å². The van der Waals surface area contributed by atoms with E-state index in [1.54, 1.807) is 25.1 Å². The first-order valence-corrected chi connectivity index (χ1v) is 10.1. The number of rotatable bonds is 7. The highest BCUT2D eigenvalue weighted by Crippen LogP contribution is 2.30. The van der Waals surface area contributed by atoms with Crippen LogP contribution in [0.4, 0.5) is 4.79 Å². The number of benzene rings is 2. The Kier molecular flexibility index (Phi) is 5.41. The van der Waals surface area contributed by atoms with Gasteiger partial charge in [0.2, 0.25) is 0 Å². The quantitative estimate of drug-likeness (QED) is 0.465. The summed E-state index contributed by atoms with van der Waals surface area (Å²) < 4.78 is 7.35. The minimum Gasteiger partial charge on any atom is -0.493 e. The molecule has 2 heterocycles. The number of hydrogen-bond acceptors (Lipinski definition) is 6. The van der Waals surface area contributed by atoms with E-state index in [4.69, 9.17) is 4.74 Å². The average molecular weight is 420 g/mol. The van der Waals surface area contributed by atoms with Gasteiger partial charge in [-0.2, -0.15) is 0 Å². The van der Waals surface area contributed by atoms with E-state index < -0.39 is 11.6 Å². The zero-order valence-corrected chi connectivity index (χ0v) is 17.7. The van der Waals surface area contributed by atoms with Crippen molar-refractivity contribution >= 4 is 11.9 Å². The lowest BCUT2D eigenvalue weighted by Gasteiger charge is -2.23. The van der Waals surface area contributed by atoms with Gasteiger partial charge in [-0.25, -0.2) is 9.48 Å². The Bertz CT molecular complexity index is 1110. The van der Waals surface area contributed by atoms with Gasteiger partial charge in [0.25, 0.3) is 5.91 Å². The Morgan fingerprint density at radius 2 is 1.97 bits per heavy atom. The first-order valence-electron chi connectivity index (χ1n) is 10.1. The summed E-state index contributed by atoms with van der Waals surface area (Å²) in [7, 11) is 0. The molecular weight excluding hydrogens is 396 g/mol. The highest BCUT2D eigenvalue weighted by molar-refractivity contribution is 6.07. The molecule has 1 fully saturated rings. The van der Waals surface area contributed by atoms with Crippen molar-refractivity contribution in [3.05, 3.63) is 65.5 Å². The molecule has 0 spiro atoms. The van der Waals surface area contributed by atoms with E-state index in [1.165, 1.54) is 15.9 Å². The second kappa shape index (κ2) is 8.17.